The topological polar surface area (TPSA) is 46.6 Å². The van der Waals surface area contributed by atoms with Crippen molar-refractivity contribution in [1.29, 1.82) is 0 Å². The Morgan fingerprint density at radius 1 is 1.39 bits per heavy atom. The van der Waals surface area contributed by atoms with Gasteiger partial charge in [-0.25, -0.2) is 0 Å². The molecule has 4 nitrogen and oxygen atoms in total. The molecular formula is C14H15NO3. The number of nitrogens with zero attached hydrogens (tertiary/aromatic N) is 1. The number of carbonyl (C=O) groups excluding carboxylic acids is 2. The molecule has 0 saturated heterocycles. The molecule has 1 heterocycles. The third-order valence-corrected chi connectivity index (χ3v) is 3.42. The van der Waals surface area contributed by atoms with E-state index in [9.17, 15) is 9.59 Å². The van der Waals surface area contributed by atoms with Crippen LogP contribution in [-0.4, -0.2) is 24.3 Å². The third kappa shape index (κ3) is 1.88. The van der Waals surface area contributed by atoms with Crippen LogP contribution in [0.2, 0.25) is 0 Å². The largest absolute Gasteiger partial charge is 0.479 e. The Bertz CT molecular complexity index is 508. The van der Waals surface area contributed by atoms with E-state index in [1.807, 2.05) is 24.3 Å². The van der Waals surface area contributed by atoms with Crippen molar-refractivity contribution in [2.45, 2.75) is 25.9 Å². The average molecular weight is 245 g/mol. The number of Topliss-reactive ketones (excluding diaryl/α,β-unsaturated/α-hetero) is 1. The highest BCUT2D eigenvalue weighted by Crippen LogP contribution is 2.35. The molecule has 1 aromatic rings. The van der Waals surface area contributed by atoms with Gasteiger partial charge in [-0.05, 0) is 31.9 Å². The number of rotatable bonds is 3. The van der Waals surface area contributed by atoms with Gasteiger partial charge >= 0.3 is 0 Å². The molecule has 1 saturated carbocycles. The highest BCUT2D eigenvalue weighted by molar-refractivity contribution is 6.04. The van der Waals surface area contributed by atoms with Crippen molar-refractivity contribution >= 4 is 17.4 Å². The highest BCUT2D eigenvalue weighted by Gasteiger charge is 2.36. The molecule has 0 bridgehead atoms. The van der Waals surface area contributed by atoms with Crippen molar-refractivity contribution < 1.29 is 14.3 Å². The fourth-order valence-corrected chi connectivity index (χ4v) is 2.21. The van der Waals surface area contributed by atoms with Gasteiger partial charge in [0, 0.05) is 5.92 Å². The minimum Gasteiger partial charge on any atom is -0.479 e. The predicted octanol–water partition coefficient (Wildman–Crippen LogP) is 1.78. The van der Waals surface area contributed by atoms with E-state index in [-0.39, 0.29) is 24.2 Å². The molecule has 1 amide bonds. The number of ketones is 1. The first-order valence-electron chi connectivity index (χ1n) is 6.26. The summed E-state index contributed by atoms with van der Waals surface area (Å²) >= 11 is 0. The maximum atomic E-state index is 12.1. The van der Waals surface area contributed by atoms with Crippen molar-refractivity contribution in [3.05, 3.63) is 24.3 Å². The number of anilines is 1. The number of para-hydroxylation sites is 2. The van der Waals surface area contributed by atoms with Crippen LogP contribution >= 0.6 is 0 Å². The number of benzene rings is 1. The van der Waals surface area contributed by atoms with Crippen LogP contribution < -0.4 is 9.64 Å². The van der Waals surface area contributed by atoms with Gasteiger partial charge in [0.25, 0.3) is 5.91 Å². The van der Waals surface area contributed by atoms with E-state index < -0.39 is 6.10 Å². The monoisotopic (exact) mass is 245 g/mol. The van der Waals surface area contributed by atoms with Crippen LogP contribution in [0.4, 0.5) is 5.69 Å². The summed E-state index contributed by atoms with van der Waals surface area (Å²) in [5.41, 5.74) is 0.703. The van der Waals surface area contributed by atoms with Gasteiger partial charge in [0.1, 0.15) is 5.75 Å². The molecule has 2 aliphatic rings. The SMILES string of the molecule is CC1Oc2ccccc2N(CC(=O)C2CC2)C1=O. The molecule has 0 radical (unpaired) electrons. The molecule has 18 heavy (non-hydrogen) atoms. The summed E-state index contributed by atoms with van der Waals surface area (Å²) < 4.78 is 5.53. The van der Waals surface area contributed by atoms with Crippen LogP contribution in [0.1, 0.15) is 19.8 Å². The number of hydrogen-bond donors (Lipinski definition) is 0. The van der Waals surface area contributed by atoms with Crippen molar-refractivity contribution in [3.8, 4) is 5.75 Å². The molecule has 1 aliphatic heterocycles. The molecule has 3 rings (SSSR count). The normalized spacial score (nSPS) is 22.4. The maximum absolute atomic E-state index is 12.1. The van der Waals surface area contributed by atoms with E-state index in [1.165, 1.54) is 0 Å². The van der Waals surface area contributed by atoms with Crippen LogP contribution in [0, 0.1) is 5.92 Å². The van der Waals surface area contributed by atoms with E-state index >= 15 is 0 Å². The van der Waals surface area contributed by atoms with Gasteiger partial charge in [-0.15, -0.1) is 0 Å². The second-order valence-corrected chi connectivity index (χ2v) is 4.89. The first-order valence-corrected chi connectivity index (χ1v) is 6.26. The Morgan fingerprint density at radius 2 is 2.11 bits per heavy atom. The van der Waals surface area contributed by atoms with E-state index in [4.69, 9.17) is 4.74 Å². The van der Waals surface area contributed by atoms with E-state index in [0.717, 1.165) is 12.8 Å². The van der Waals surface area contributed by atoms with Gasteiger partial charge in [0.2, 0.25) is 0 Å². The molecule has 4 heteroatoms. The van der Waals surface area contributed by atoms with Crippen LogP contribution in [0.3, 0.4) is 0 Å². The Morgan fingerprint density at radius 3 is 2.83 bits per heavy atom. The quantitative estimate of drug-likeness (QED) is 0.815. The lowest BCUT2D eigenvalue weighted by Gasteiger charge is -2.32. The molecule has 1 atom stereocenters. The van der Waals surface area contributed by atoms with E-state index in [1.54, 1.807) is 11.8 Å². The summed E-state index contributed by atoms with van der Waals surface area (Å²) in [5, 5.41) is 0. The summed E-state index contributed by atoms with van der Waals surface area (Å²) in [6, 6.07) is 7.36. The van der Waals surface area contributed by atoms with E-state index in [0.29, 0.717) is 11.4 Å². The van der Waals surface area contributed by atoms with Crippen molar-refractivity contribution in [1.82, 2.24) is 0 Å². The fourth-order valence-electron chi connectivity index (χ4n) is 2.21. The summed E-state index contributed by atoms with van der Waals surface area (Å²) in [5.74, 6) is 0.867. The zero-order valence-corrected chi connectivity index (χ0v) is 10.3. The van der Waals surface area contributed by atoms with Crippen molar-refractivity contribution in [2.24, 2.45) is 5.92 Å². The van der Waals surface area contributed by atoms with Gasteiger partial charge in [-0.3, -0.25) is 14.5 Å². The number of fused-ring (bicyclic) bond motifs is 1. The Labute approximate surface area is 106 Å². The first kappa shape index (κ1) is 11.3. The minimum atomic E-state index is -0.521. The summed E-state index contributed by atoms with van der Waals surface area (Å²) in [7, 11) is 0. The van der Waals surface area contributed by atoms with E-state index in [2.05, 4.69) is 0 Å². The summed E-state index contributed by atoms with van der Waals surface area (Å²) in [6.45, 7) is 1.89. The Balaban J connectivity index is 1.90. The standard InChI is InChI=1S/C14H15NO3/c1-9-14(17)15(8-12(16)10-6-7-10)11-4-2-3-5-13(11)18-9/h2-5,9-10H,6-8H2,1H3. The lowest BCUT2D eigenvalue weighted by molar-refractivity contribution is -0.128. The van der Waals surface area contributed by atoms with Gasteiger partial charge in [-0.2, -0.15) is 0 Å². The molecule has 1 unspecified atom stereocenters. The number of amides is 1. The van der Waals surface area contributed by atoms with Crippen LogP contribution in [0.15, 0.2) is 24.3 Å². The zero-order valence-electron chi connectivity index (χ0n) is 10.3. The number of carbonyl (C=O) groups is 2. The molecule has 0 spiro atoms. The molecule has 1 aromatic carbocycles. The minimum absolute atomic E-state index is 0.136. The van der Waals surface area contributed by atoms with Gasteiger partial charge < -0.3 is 4.74 Å². The van der Waals surface area contributed by atoms with Gasteiger partial charge in [0.15, 0.2) is 11.9 Å². The van der Waals surface area contributed by atoms with Crippen molar-refractivity contribution in [3.63, 3.8) is 0 Å². The molecule has 0 aromatic heterocycles. The molecule has 94 valence electrons. The summed E-state index contributed by atoms with van der Waals surface area (Å²) in [6.07, 6.45) is 1.41. The van der Waals surface area contributed by atoms with Crippen LogP contribution in [0.25, 0.3) is 0 Å². The maximum Gasteiger partial charge on any atom is 0.268 e. The molecule has 1 fully saturated rings. The fraction of sp³-hybridized carbons (Fsp3) is 0.429. The second kappa shape index (κ2) is 4.12. The third-order valence-electron chi connectivity index (χ3n) is 3.42. The lowest BCUT2D eigenvalue weighted by Crippen LogP contribution is -2.46. The predicted molar refractivity (Wildman–Crippen MR) is 66.6 cm³/mol. The smallest absolute Gasteiger partial charge is 0.268 e. The average Bonchev–Trinajstić information content (AvgIpc) is 3.19. The zero-order chi connectivity index (χ0) is 12.7. The number of hydrogen-bond acceptors (Lipinski definition) is 3. The van der Waals surface area contributed by atoms with Gasteiger partial charge in [0.05, 0.1) is 12.2 Å². The lowest BCUT2D eigenvalue weighted by atomic mass is 10.1. The van der Waals surface area contributed by atoms with Crippen LogP contribution in [0.5, 0.6) is 5.75 Å². The molecule has 0 N–H and O–H groups in total. The Kier molecular flexibility index (Phi) is 2.58. The van der Waals surface area contributed by atoms with Gasteiger partial charge in [-0.1, -0.05) is 12.1 Å². The molecular weight excluding hydrogens is 230 g/mol. The molecule has 1 aliphatic carbocycles. The Hall–Kier alpha value is -1.84. The number of ether oxygens (including phenoxy) is 1. The van der Waals surface area contributed by atoms with Crippen LogP contribution in [-0.2, 0) is 9.59 Å². The highest BCUT2D eigenvalue weighted by atomic mass is 16.5. The van der Waals surface area contributed by atoms with Crippen molar-refractivity contribution in [2.75, 3.05) is 11.4 Å². The first-order chi connectivity index (χ1) is 8.66. The second-order valence-electron chi connectivity index (χ2n) is 4.89. The summed E-state index contributed by atoms with van der Waals surface area (Å²) in [4.78, 5) is 25.6.